The molecule has 0 amide bonds. The fraction of sp³-hybridized carbons (Fsp3) is 0.400. The molecule has 4 nitrogen and oxygen atoms in total. The molecule has 6 heteroatoms. The minimum atomic E-state index is 0.608. The van der Waals surface area contributed by atoms with Gasteiger partial charge in [-0.25, -0.2) is 4.98 Å². The molecule has 1 aromatic carbocycles. The highest BCUT2D eigenvalue weighted by molar-refractivity contribution is 7.11. The molecule has 2 heterocycles. The maximum Gasteiger partial charge on any atom is 0.179 e. The van der Waals surface area contributed by atoms with Gasteiger partial charge < -0.3 is 14.8 Å². The van der Waals surface area contributed by atoms with E-state index in [-0.39, 0.29) is 0 Å². The topological polar surface area (TPSA) is 43.4 Å². The van der Waals surface area contributed by atoms with Gasteiger partial charge in [-0.2, -0.15) is 0 Å². The average Bonchev–Trinajstić information content (AvgIpc) is 2.73. The van der Waals surface area contributed by atoms with Crippen LogP contribution in [0.3, 0.4) is 0 Å². The Bertz CT molecular complexity index is 630. The summed E-state index contributed by atoms with van der Waals surface area (Å²) in [6, 6.07) is 3.92. The van der Waals surface area contributed by atoms with Crippen LogP contribution in [0.25, 0.3) is 0 Å². The first kappa shape index (κ1) is 14.6. The van der Waals surface area contributed by atoms with Crippen LogP contribution in [0, 0.1) is 6.92 Å². The molecule has 0 bridgehead atoms. The van der Waals surface area contributed by atoms with Crippen molar-refractivity contribution in [3.05, 3.63) is 38.8 Å². The van der Waals surface area contributed by atoms with E-state index < -0.39 is 0 Å². The van der Waals surface area contributed by atoms with Gasteiger partial charge in [-0.3, -0.25) is 0 Å². The van der Waals surface area contributed by atoms with Gasteiger partial charge in [0.2, 0.25) is 0 Å². The van der Waals surface area contributed by atoms with Crippen LogP contribution in [0.5, 0.6) is 11.5 Å². The second-order valence-corrected chi connectivity index (χ2v) is 6.65. The van der Waals surface area contributed by atoms with E-state index in [1.807, 2.05) is 18.3 Å². The number of aryl methyl sites for hydroxylation is 1. The van der Waals surface area contributed by atoms with Crippen LogP contribution in [0.4, 0.5) is 0 Å². The molecule has 0 aliphatic carbocycles. The van der Waals surface area contributed by atoms with Gasteiger partial charge in [-0.1, -0.05) is 11.6 Å². The number of nitrogens with zero attached hydrogens (tertiary/aromatic N) is 1. The zero-order valence-corrected chi connectivity index (χ0v) is 13.4. The molecular formula is C15H17ClN2O2S. The number of ether oxygens (including phenoxy) is 2. The predicted molar refractivity (Wildman–Crippen MR) is 84.5 cm³/mol. The Hall–Kier alpha value is -1.30. The molecule has 0 radical (unpaired) electrons. The molecule has 0 saturated carbocycles. The van der Waals surface area contributed by atoms with Crippen molar-refractivity contribution in [1.29, 1.82) is 0 Å². The maximum absolute atomic E-state index is 6.28. The van der Waals surface area contributed by atoms with Crippen molar-refractivity contribution in [2.75, 3.05) is 13.2 Å². The van der Waals surface area contributed by atoms with Crippen LogP contribution in [-0.4, -0.2) is 18.2 Å². The fourth-order valence-electron chi connectivity index (χ4n) is 2.18. The number of aromatic nitrogens is 1. The van der Waals surface area contributed by atoms with Crippen molar-refractivity contribution in [2.45, 2.75) is 26.4 Å². The smallest absolute Gasteiger partial charge is 0.179 e. The molecular weight excluding hydrogens is 308 g/mol. The quantitative estimate of drug-likeness (QED) is 0.934. The number of benzene rings is 1. The third kappa shape index (κ3) is 3.67. The summed E-state index contributed by atoms with van der Waals surface area (Å²) in [5.41, 5.74) is 1.08. The molecule has 1 aromatic heterocycles. The van der Waals surface area contributed by atoms with Crippen molar-refractivity contribution in [2.24, 2.45) is 0 Å². The van der Waals surface area contributed by atoms with Crippen molar-refractivity contribution < 1.29 is 9.47 Å². The van der Waals surface area contributed by atoms with Gasteiger partial charge in [-0.15, -0.1) is 11.3 Å². The van der Waals surface area contributed by atoms with Crippen LogP contribution >= 0.6 is 22.9 Å². The molecule has 2 aromatic rings. The molecule has 0 saturated heterocycles. The lowest BCUT2D eigenvalue weighted by atomic mass is 10.2. The largest absolute Gasteiger partial charge is 0.489 e. The van der Waals surface area contributed by atoms with Crippen molar-refractivity contribution >= 4 is 22.9 Å². The summed E-state index contributed by atoms with van der Waals surface area (Å²) in [4.78, 5) is 5.56. The zero-order valence-electron chi connectivity index (χ0n) is 11.8. The molecule has 3 rings (SSSR count). The van der Waals surface area contributed by atoms with Gasteiger partial charge in [0.15, 0.2) is 11.5 Å². The number of halogens is 1. The molecule has 1 aliphatic heterocycles. The number of fused-ring (bicyclic) bond motifs is 1. The number of thiazole rings is 1. The summed E-state index contributed by atoms with van der Waals surface area (Å²) < 4.78 is 11.3. The van der Waals surface area contributed by atoms with Gasteiger partial charge in [0.25, 0.3) is 0 Å². The van der Waals surface area contributed by atoms with Crippen molar-refractivity contribution in [3.63, 3.8) is 0 Å². The monoisotopic (exact) mass is 324 g/mol. The molecule has 1 aliphatic rings. The molecule has 0 spiro atoms. The Labute approximate surface area is 133 Å². The van der Waals surface area contributed by atoms with Crippen LogP contribution in [0.2, 0.25) is 5.02 Å². The van der Waals surface area contributed by atoms with Gasteiger partial charge >= 0.3 is 0 Å². The van der Waals surface area contributed by atoms with Crippen LogP contribution in [0.1, 0.15) is 21.9 Å². The molecule has 112 valence electrons. The minimum absolute atomic E-state index is 0.608. The summed E-state index contributed by atoms with van der Waals surface area (Å²) in [7, 11) is 0. The number of rotatable bonds is 4. The summed E-state index contributed by atoms with van der Waals surface area (Å²) in [6.45, 7) is 4.84. The Morgan fingerprint density at radius 2 is 2.14 bits per heavy atom. The predicted octanol–water partition coefficient (Wildman–Crippen LogP) is 3.56. The van der Waals surface area contributed by atoms with Crippen molar-refractivity contribution in [3.8, 4) is 11.5 Å². The van der Waals surface area contributed by atoms with E-state index in [1.165, 1.54) is 4.88 Å². The van der Waals surface area contributed by atoms with E-state index in [4.69, 9.17) is 21.1 Å². The maximum atomic E-state index is 6.28. The van der Waals surface area contributed by atoms with Gasteiger partial charge in [0, 0.05) is 30.6 Å². The second kappa shape index (κ2) is 6.64. The SMILES string of the molecule is Cc1cnc(CNCc2cc(Cl)c3c(c2)OCCCO3)s1. The van der Waals surface area contributed by atoms with Gasteiger partial charge in [0.05, 0.1) is 18.2 Å². The van der Waals surface area contributed by atoms with E-state index in [0.717, 1.165) is 35.8 Å². The fourth-order valence-corrected chi connectivity index (χ4v) is 3.23. The normalized spacial score (nSPS) is 14.0. The summed E-state index contributed by atoms with van der Waals surface area (Å²) >= 11 is 7.98. The van der Waals surface area contributed by atoms with E-state index in [0.29, 0.717) is 24.0 Å². The highest BCUT2D eigenvalue weighted by Gasteiger charge is 2.15. The molecule has 0 unspecified atom stereocenters. The second-order valence-electron chi connectivity index (χ2n) is 4.92. The number of hydrogen-bond donors (Lipinski definition) is 1. The minimum Gasteiger partial charge on any atom is -0.489 e. The number of hydrogen-bond acceptors (Lipinski definition) is 5. The average molecular weight is 325 g/mol. The Kier molecular flexibility index (Phi) is 4.63. The lowest BCUT2D eigenvalue weighted by Gasteiger charge is -2.11. The zero-order chi connectivity index (χ0) is 14.7. The highest BCUT2D eigenvalue weighted by Crippen LogP contribution is 2.37. The third-order valence-corrected chi connectivity index (χ3v) is 4.33. The first-order valence-electron chi connectivity index (χ1n) is 6.92. The highest BCUT2D eigenvalue weighted by atomic mass is 35.5. The summed E-state index contributed by atoms with van der Waals surface area (Å²) in [5.74, 6) is 1.40. The van der Waals surface area contributed by atoms with Crippen LogP contribution in [0.15, 0.2) is 18.3 Å². The van der Waals surface area contributed by atoms with E-state index >= 15 is 0 Å². The van der Waals surface area contributed by atoms with E-state index in [1.54, 1.807) is 11.3 Å². The van der Waals surface area contributed by atoms with E-state index in [2.05, 4.69) is 17.2 Å². The first-order valence-corrected chi connectivity index (χ1v) is 8.12. The Morgan fingerprint density at radius 1 is 1.29 bits per heavy atom. The van der Waals surface area contributed by atoms with E-state index in [9.17, 15) is 0 Å². The Morgan fingerprint density at radius 3 is 2.95 bits per heavy atom. The summed E-state index contributed by atoms with van der Waals surface area (Å²) in [6.07, 6.45) is 2.77. The van der Waals surface area contributed by atoms with Crippen molar-refractivity contribution in [1.82, 2.24) is 10.3 Å². The molecule has 1 N–H and O–H groups in total. The first-order chi connectivity index (χ1) is 10.2. The van der Waals surface area contributed by atoms with Gasteiger partial charge in [0.1, 0.15) is 5.01 Å². The lowest BCUT2D eigenvalue weighted by Crippen LogP contribution is -2.12. The summed E-state index contributed by atoms with van der Waals surface area (Å²) in [5, 5.41) is 5.07. The molecule has 0 fully saturated rings. The molecule has 0 atom stereocenters. The third-order valence-electron chi connectivity index (χ3n) is 3.14. The number of nitrogens with one attached hydrogen (secondary N) is 1. The van der Waals surface area contributed by atoms with Crippen LogP contribution < -0.4 is 14.8 Å². The molecule has 21 heavy (non-hydrogen) atoms. The van der Waals surface area contributed by atoms with Crippen LogP contribution in [-0.2, 0) is 13.1 Å². The lowest BCUT2D eigenvalue weighted by molar-refractivity contribution is 0.297. The standard InChI is InChI=1S/C15H17ClN2O2S/c1-10-7-18-14(21-10)9-17-8-11-5-12(16)15-13(6-11)19-3-2-4-20-15/h5-7,17H,2-4,8-9H2,1H3. The Balaban J connectivity index is 1.65. The van der Waals surface area contributed by atoms with Gasteiger partial charge in [-0.05, 0) is 24.6 Å².